The highest BCUT2D eigenvalue weighted by Crippen LogP contribution is 2.57. The number of esters is 1. The molecule has 2 saturated heterocycles. The van der Waals surface area contributed by atoms with E-state index in [0.717, 1.165) is 38.2 Å². The molecule has 166 valence electrons. The van der Waals surface area contributed by atoms with Crippen molar-refractivity contribution < 1.29 is 14.3 Å². The molecule has 1 amide bonds. The standard InChI is InChI=1S/C22H25N7O3/c1-13-18(11-32-22(13)31)28-7-5-15(21(28)30)20-16-9-27(10-17(16)20)6-4-14-2-3-19(23-8-14)29-12-24-25-26-29/h2-3,8,12,15-17,20H,4-7,9-11H2,1H3. The van der Waals surface area contributed by atoms with E-state index in [2.05, 4.69) is 31.5 Å². The summed E-state index contributed by atoms with van der Waals surface area (Å²) in [4.78, 5) is 33.5. The molecule has 10 nitrogen and oxygen atoms in total. The largest absolute Gasteiger partial charge is 0.456 e. The lowest BCUT2D eigenvalue weighted by Crippen LogP contribution is -2.32. The van der Waals surface area contributed by atoms with Crippen molar-refractivity contribution in [2.45, 2.75) is 19.8 Å². The van der Waals surface area contributed by atoms with Crippen LogP contribution in [0.1, 0.15) is 18.9 Å². The number of ether oxygens (including phenoxy) is 1. The Kier molecular flexibility index (Phi) is 4.56. The predicted molar refractivity (Wildman–Crippen MR) is 111 cm³/mol. The number of likely N-dealkylation sites (tertiary alicyclic amines) is 2. The third-order valence-corrected chi connectivity index (χ3v) is 7.56. The Morgan fingerprint density at radius 3 is 2.69 bits per heavy atom. The van der Waals surface area contributed by atoms with E-state index in [1.54, 1.807) is 11.6 Å². The lowest BCUT2D eigenvalue weighted by molar-refractivity contribution is -0.136. The first-order valence-corrected chi connectivity index (χ1v) is 11.2. The van der Waals surface area contributed by atoms with E-state index < -0.39 is 0 Å². The lowest BCUT2D eigenvalue weighted by atomic mass is 9.98. The Labute approximate surface area is 185 Å². The number of carbonyl (C=O) groups is 2. The number of hydrogen-bond donors (Lipinski definition) is 0. The topological polar surface area (TPSA) is 106 Å². The maximum absolute atomic E-state index is 13.1. The molecular weight excluding hydrogens is 410 g/mol. The minimum atomic E-state index is -0.296. The number of amides is 1. The number of cyclic esters (lactones) is 1. The molecule has 1 saturated carbocycles. The van der Waals surface area contributed by atoms with E-state index in [1.807, 2.05) is 17.2 Å². The highest BCUT2D eigenvalue weighted by molar-refractivity contribution is 5.93. The molecule has 32 heavy (non-hydrogen) atoms. The van der Waals surface area contributed by atoms with Crippen LogP contribution < -0.4 is 0 Å². The van der Waals surface area contributed by atoms with Crippen molar-refractivity contribution in [2.24, 2.45) is 23.7 Å². The van der Waals surface area contributed by atoms with E-state index >= 15 is 0 Å². The van der Waals surface area contributed by atoms with Gasteiger partial charge in [0.1, 0.15) is 12.9 Å². The smallest absolute Gasteiger partial charge is 0.336 e. The molecule has 1 aliphatic carbocycles. The molecule has 0 N–H and O–H groups in total. The van der Waals surface area contributed by atoms with Crippen LogP contribution in [0.4, 0.5) is 0 Å². The van der Waals surface area contributed by atoms with Gasteiger partial charge in [-0.15, -0.1) is 5.10 Å². The van der Waals surface area contributed by atoms with Crippen molar-refractivity contribution in [1.29, 1.82) is 0 Å². The number of nitrogens with zero attached hydrogens (tertiary/aromatic N) is 7. The number of piperidine rings is 1. The molecule has 3 aliphatic heterocycles. The quantitative estimate of drug-likeness (QED) is 0.603. The highest BCUT2D eigenvalue weighted by atomic mass is 16.5. The Hall–Kier alpha value is -3.14. The molecule has 10 heteroatoms. The number of aromatic nitrogens is 5. The highest BCUT2D eigenvalue weighted by Gasteiger charge is 2.61. The third kappa shape index (κ3) is 3.21. The third-order valence-electron chi connectivity index (χ3n) is 7.56. The summed E-state index contributed by atoms with van der Waals surface area (Å²) in [7, 11) is 0. The van der Waals surface area contributed by atoms with Crippen molar-refractivity contribution in [2.75, 3.05) is 32.8 Å². The molecule has 3 atom stereocenters. The number of rotatable bonds is 6. The van der Waals surface area contributed by atoms with Gasteiger partial charge >= 0.3 is 5.97 Å². The van der Waals surface area contributed by atoms with Crippen molar-refractivity contribution in [3.63, 3.8) is 0 Å². The van der Waals surface area contributed by atoms with Gasteiger partial charge in [0.25, 0.3) is 0 Å². The van der Waals surface area contributed by atoms with E-state index in [1.165, 1.54) is 11.9 Å². The van der Waals surface area contributed by atoms with Crippen molar-refractivity contribution in [1.82, 2.24) is 35.0 Å². The summed E-state index contributed by atoms with van der Waals surface area (Å²) in [5.74, 6) is 2.46. The Morgan fingerprint density at radius 2 is 2.03 bits per heavy atom. The zero-order chi connectivity index (χ0) is 21.8. The first kappa shape index (κ1) is 19.5. The summed E-state index contributed by atoms with van der Waals surface area (Å²) in [5, 5.41) is 11.1. The second kappa shape index (κ2) is 7.47. The Balaban J connectivity index is 1.01. The van der Waals surface area contributed by atoms with E-state index in [4.69, 9.17) is 4.74 Å². The number of pyridine rings is 1. The van der Waals surface area contributed by atoms with Crippen LogP contribution in [0, 0.1) is 23.7 Å². The summed E-state index contributed by atoms with van der Waals surface area (Å²) < 4.78 is 6.64. The second-order valence-electron chi connectivity index (χ2n) is 9.23. The van der Waals surface area contributed by atoms with Crippen LogP contribution in [0.15, 0.2) is 35.9 Å². The maximum Gasteiger partial charge on any atom is 0.336 e. The average Bonchev–Trinajstić information content (AvgIpc) is 3.37. The fourth-order valence-electron chi connectivity index (χ4n) is 5.77. The molecule has 3 fully saturated rings. The zero-order valence-electron chi connectivity index (χ0n) is 17.9. The van der Waals surface area contributed by atoms with Gasteiger partial charge in [0.05, 0.1) is 11.3 Å². The van der Waals surface area contributed by atoms with Gasteiger partial charge < -0.3 is 14.5 Å². The summed E-state index contributed by atoms with van der Waals surface area (Å²) >= 11 is 0. The first-order chi connectivity index (χ1) is 15.6. The summed E-state index contributed by atoms with van der Waals surface area (Å²) in [6.45, 7) is 5.84. The second-order valence-corrected chi connectivity index (χ2v) is 9.23. The van der Waals surface area contributed by atoms with Crippen molar-refractivity contribution in [3.8, 4) is 5.82 Å². The minimum Gasteiger partial charge on any atom is -0.456 e. The van der Waals surface area contributed by atoms with Gasteiger partial charge in [-0.2, -0.15) is 4.68 Å². The van der Waals surface area contributed by atoms with Gasteiger partial charge in [-0.25, -0.2) is 9.78 Å². The average molecular weight is 435 g/mol. The van der Waals surface area contributed by atoms with Crippen LogP contribution in [0.3, 0.4) is 0 Å². The summed E-state index contributed by atoms with van der Waals surface area (Å²) in [6, 6.07) is 4.00. The minimum absolute atomic E-state index is 0.103. The van der Waals surface area contributed by atoms with Gasteiger partial charge in [0.15, 0.2) is 5.82 Å². The molecule has 2 aromatic rings. The number of fused-ring (bicyclic) bond motifs is 1. The molecule has 2 aromatic heterocycles. The van der Waals surface area contributed by atoms with Gasteiger partial charge in [-0.3, -0.25) is 4.79 Å². The fraction of sp³-hybridized carbons (Fsp3) is 0.545. The molecule has 0 radical (unpaired) electrons. The normalized spacial score (nSPS) is 29.7. The van der Waals surface area contributed by atoms with Crippen LogP contribution in [0.2, 0.25) is 0 Å². The fourth-order valence-corrected chi connectivity index (χ4v) is 5.77. The molecule has 0 bridgehead atoms. The molecule has 6 rings (SSSR count). The number of carbonyl (C=O) groups excluding carboxylic acids is 2. The van der Waals surface area contributed by atoms with Gasteiger partial charge in [-0.1, -0.05) is 6.07 Å². The molecule has 3 unspecified atom stereocenters. The molecule has 0 spiro atoms. The van der Waals surface area contributed by atoms with E-state index in [-0.39, 0.29) is 24.4 Å². The Morgan fingerprint density at radius 1 is 1.19 bits per heavy atom. The number of tetrazole rings is 1. The lowest BCUT2D eigenvalue weighted by Gasteiger charge is -2.22. The van der Waals surface area contributed by atoms with Crippen LogP contribution >= 0.6 is 0 Å². The van der Waals surface area contributed by atoms with Crippen molar-refractivity contribution in [3.05, 3.63) is 41.5 Å². The Bertz CT molecular complexity index is 1070. The van der Waals surface area contributed by atoms with E-state index in [0.29, 0.717) is 35.7 Å². The van der Waals surface area contributed by atoms with E-state index in [9.17, 15) is 9.59 Å². The molecule has 0 aromatic carbocycles. The maximum atomic E-state index is 13.1. The van der Waals surface area contributed by atoms with Gasteiger partial charge in [-0.05, 0) is 59.6 Å². The zero-order valence-corrected chi connectivity index (χ0v) is 17.9. The first-order valence-electron chi connectivity index (χ1n) is 11.2. The van der Waals surface area contributed by atoms with Crippen LogP contribution in [-0.4, -0.2) is 79.7 Å². The van der Waals surface area contributed by atoms with Gasteiger partial charge in [0, 0.05) is 38.3 Å². The summed E-state index contributed by atoms with van der Waals surface area (Å²) in [5.41, 5.74) is 2.55. The van der Waals surface area contributed by atoms with Gasteiger partial charge in [0.2, 0.25) is 5.91 Å². The number of hydrogen-bond acceptors (Lipinski definition) is 8. The summed E-state index contributed by atoms with van der Waals surface area (Å²) in [6.07, 6.45) is 5.25. The van der Waals surface area contributed by atoms with Crippen LogP contribution in [0.25, 0.3) is 5.82 Å². The SMILES string of the molecule is CC1=C(N2CCC(C3C4CN(CCc5ccc(-n6cnnn6)nc5)CC43)C2=O)COC1=O. The molecular formula is C22H25N7O3. The predicted octanol–water partition coefficient (Wildman–Crippen LogP) is 0.457. The van der Waals surface area contributed by atoms with Crippen LogP contribution in [0.5, 0.6) is 0 Å². The monoisotopic (exact) mass is 435 g/mol. The van der Waals surface area contributed by atoms with Crippen LogP contribution in [-0.2, 0) is 20.7 Å². The molecule has 4 aliphatic rings. The molecule has 5 heterocycles. The van der Waals surface area contributed by atoms with Crippen molar-refractivity contribution >= 4 is 11.9 Å².